The summed E-state index contributed by atoms with van der Waals surface area (Å²) in [5, 5.41) is 6.12. The quantitative estimate of drug-likeness (QED) is 0.471. The summed E-state index contributed by atoms with van der Waals surface area (Å²) in [5.41, 5.74) is 11.5. The Balaban J connectivity index is 1.65. The van der Waals surface area contributed by atoms with E-state index >= 15 is 0 Å². The van der Waals surface area contributed by atoms with Gasteiger partial charge < -0.3 is 10.5 Å². The van der Waals surface area contributed by atoms with E-state index in [-0.39, 0.29) is 5.91 Å². The Morgan fingerprint density at radius 2 is 1.90 bits per heavy atom. The average molecular weight is 425 g/mol. The van der Waals surface area contributed by atoms with E-state index in [1.165, 1.54) is 22.7 Å². The zero-order valence-corrected chi connectivity index (χ0v) is 18.1. The normalized spacial score (nSPS) is 11.0. The molecule has 0 atom stereocenters. The number of carbonyl (C=O) groups excluding carboxylic acids is 1. The number of fused-ring (bicyclic) bond motifs is 1. The molecule has 6 nitrogen and oxygen atoms in total. The van der Waals surface area contributed by atoms with Crippen molar-refractivity contribution in [2.45, 2.75) is 20.8 Å². The minimum atomic E-state index is -0.277. The lowest BCUT2D eigenvalue weighted by Gasteiger charge is -2.06. The van der Waals surface area contributed by atoms with Crippen LogP contribution < -0.4 is 15.8 Å². The Morgan fingerprint density at radius 1 is 1.14 bits per heavy atom. The molecule has 3 N–H and O–H groups in total. The van der Waals surface area contributed by atoms with E-state index in [1.54, 1.807) is 7.11 Å². The van der Waals surface area contributed by atoms with Gasteiger partial charge in [0.1, 0.15) is 15.5 Å². The Kier molecular flexibility index (Phi) is 4.97. The Bertz CT molecular complexity index is 1240. The van der Waals surface area contributed by atoms with Crippen LogP contribution in [0, 0.1) is 20.8 Å². The minimum absolute atomic E-state index is 0.277. The van der Waals surface area contributed by atoms with E-state index < -0.39 is 0 Å². The molecule has 3 aromatic heterocycles. The molecule has 0 unspecified atom stereocenters. The molecule has 1 amide bonds. The maximum Gasteiger partial charge on any atom is 0.269 e. The van der Waals surface area contributed by atoms with Crippen molar-refractivity contribution in [1.29, 1.82) is 0 Å². The highest BCUT2D eigenvalue weighted by atomic mass is 32.1. The maximum absolute atomic E-state index is 12.9. The highest BCUT2D eigenvalue weighted by molar-refractivity contribution is 7.21. The second-order valence-corrected chi connectivity index (χ2v) is 8.52. The Labute approximate surface area is 176 Å². The topological polar surface area (TPSA) is 90.1 Å². The summed E-state index contributed by atoms with van der Waals surface area (Å²) in [4.78, 5) is 23.3. The van der Waals surface area contributed by atoms with Crippen molar-refractivity contribution in [3.8, 4) is 17.0 Å². The first-order valence-corrected chi connectivity index (χ1v) is 10.7. The van der Waals surface area contributed by atoms with Gasteiger partial charge in [-0.3, -0.25) is 10.1 Å². The second kappa shape index (κ2) is 7.46. The van der Waals surface area contributed by atoms with Gasteiger partial charge in [0.25, 0.3) is 5.91 Å². The minimum Gasteiger partial charge on any atom is -0.496 e. The molecule has 1 aromatic carbocycles. The van der Waals surface area contributed by atoms with Gasteiger partial charge in [0.05, 0.1) is 18.5 Å². The number of methoxy groups -OCH3 is 1. The molecule has 0 aliphatic heterocycles. The van der Waals surface area contributed by atoms with Gasteiger partial charge in [-0.25, -0.2) is 9.97 Å². The number of aryl methyl sites for hydroxylation is 2. The second-order valence-electron chi connectivity index (χ2n) is 6.66. The van der Waals surface area contributed by atoms with E-state index in [1.807, 2.05) is 50.4 Å². The fraction of sp³-hybridized carbons (Fsp3) is 0.190. The third-order valence-electron chi connectivity index (χ3n) is 4.99. The third kappa shape index (κ3) is 3.34. The number of thiazole rings is 1. The predicted octanol–water partition coefficient (Wildman–Crippen LogP) is 5.19. The molecule has 4 aromatic rings. The van der Waals surface area contributed by atoms with Crippen LogP contribution in [0.5, 0.6) is 5.75 Å². The van der Waals surface area contributed by atoms with E-state index in [0.717, 1.165) is 44.0 Å². The van der Waals surface area contributed by atoms with Gasteiger partial charge in [-0.1, -0.05) is 12.1 Å². The number of thiophene rings is 1. The number of amides is 1. The molecule has 29 heavy (non-hydrogen) atoms. The van der Waals surface area contributed by atoms with Crippen LogP contribution in [0.3, 0.4) is 0 Å². The van der Waals surface area contributed by atoms with Crippen molar-refractivity contribution in [1.82, 2.24) is 9.97 Å². The summed E-state index contributed by atoms with van der Waals surface area (Å²) in [7, 11) is 1.62. The number of carbonyl (C=O) groups is 1. The zero-order valence-electron chi connectivity index (χ0n) is 16.5. The lowest BCUT2D eigenvalue weighted by molar-refractivity contribution is 0.103. The Hall–Kier alpha value is -2.97. The molecule has 148 valence electrons. The third-order valence-corrected chi connectivity index (χ3v) is 6.85. The lowest BCUT2D eigenvalue weighted by Crippen LogP contribution is -2.11. The number of para-hydroxylation sites is 1. The van der Waals surface area contributed by atoms with Crippen molar-refractivity contribution in [3.05, 3.63) is 51.3 Å². The number of ether oxygens (including phenoxy) is 1. The van der Waals surface area contributed by atoms with Crippen LogP contribution >= 0.6 is 22.7 Å². The largest absolute Gasteiger partial charge is 0.496 e. The summed E-state index contributed by atoms with van der Waals surface area (Å²) in [6.07, 6.45) is 0. The van der Waals surface area contributed by atoms with Crippen molar-refractivity contribution in [3.63, 3.8) is 0 Å². The molecule has 0 aliphatic carbocycles. The smallest absolute Gasteiger partial charge is 0.269 e. The SMILES string of the molecule is COc1ccccc1-c1csc(NC(=O)c2sc3nc(C)c(C)c(C)c3c2N)n1. The number of nitrogens with two attached hydrogens (primary N) is 1. The standard InChI is InChI=1S/C21H20N4O2S2/c1-10-11(2)16-17(22)18(29-20(16)23-12(10)3)19(26)25-21-24-14(9-28-21)13-7-5-6-8-15(13)27-4/h5-9H,22H2,1-4H3,(H,24,25,26). The van der Waals surface area contributed by atoms with Crippen LogP contribution in [0.4, 0.5) is 10.8 Å². The molecule has 0 radical (unpaired) electrons. The molecule has 8 heteroatoms. The molecule has 0 aliphatic rings. The molecule has 0 saturated heterocycles. The number of rotatable bonds is 4. The van der Waals surface area contributed by atoms with Crippen molar-refractivity contribution < 1.29 is 9.53 Å². The predicted molar refractivity (Wildman–Crippen MR) is 120 cm³/mol. The molecular formula is C21H20N4O2S2. The van der Waals surface area contributed by atoms with E-state index in [2.05, 4.69) is 15.3 Å². The maximum atomic E-state index is 12.9. The summed E-state index contributed by atoms with van der Waals surface area (Å²) >= 11 is 2.66. The Morgan fingerprint density at radius 3 is 2.66 bits per heavy atom. The molecule has 0 saturated carbocycles. The van der Waals surface area contributed by atoms with Gasteiger partial charge in [0, 0.05) is 22.0 Å². The molecule has 0 bridgehead atoms. The van der Waals surface area contributed by atoms with Gasteiger partial charge >= 0.3 is 0 Å². The highest BCUT2D eigenvalue weighted by Gasteiger charge is 2.21. The summed E-state index contributed by atoms with van der Waals surface area (Å²) in [5.74, 6) is 0.456. The van der Waals surface area contributed by atoms with Crippen molar-refractivity contribution in [2.75, 3.05) is 18.2 Å². The van der Waals surface area contributed by atoms with Crippen molar-refractivity contribution >= 4 is 49.6 Å². The van der Waals surface area contributed by atoms with Gasteiger partial charge in [0.15, 0.2) is 5.13 Å². The van der Waals surface area contributed by atoms with E-state index in [0.29, 0.717) is 15.7 Å². The molecular weight excluding hydrogens is 404 g/mol. The monoisotopic (exact) mass is 424 g/mol. The first-order valence-electron chi connectivity index (χ1n) is 8.96. The van der Waals surface area contributed by atoms with Gasteiger partial charge in [0.2, 0.25) is 0 Å². The molecule has 0 spiro atoms. The summed E-state index contributed by atoms with van der Waals surface area (Å²) < 4.78 is 5.39. The van der Waals surface area contributed by atoms with E-state index in [4.69, 9.17) is 10.5 Å². The first-order chi connectivity index (χ1) is 13.9. The van der Waals surface area contributed by atoms with Crippen LogP contribution in [-0.2, 0) is 0 Å². The van der Waals surface area contributed by atoms with Crippen LogP contribution in [0.2, 0.25) is 0 Å². The number of pyridine rings is 1. The fourth-order valence-corrected chi connectivity index (χ4v) is 5.00. The number of aromatic nitrogens is 2. The van der Waals surface area contributed by atoms with Crippen molar-refractivity contribution in [2.24, 2.45) is 0 Å². The summed E-state index contributed by atoms with van der Waals surface area (Å²) in [6.45, 7) is 5.99. The van der Waals surface area contributed by atoms with Crippen LogP contribution in [0.1, 0.15) is 26.5 Å². The van der Waals surface area contributed by atoms with Crippen LogP contribution in [0.15, 0.2) is 29.6 Å². The molecule has 4 rings (SSSR count). The molecule has 0 fully saturated rings. The number of nitrogens with one attached hydrogen (secondary N) is 1. The number of nitrogen functional groups attached to an aromatic ring is 1. The molecule has 3 heterocycles. The average Bonchev–Trinajstić information content (AvgIpc) is 3.30. The highest BCUT2D eigenvalue weighted by Crippen LogP contribution is 2.37. The van der Waals surface area contributed by atoms with Crippen LogP contribution in [0.25, 0.3) is 21.5 Å². The lowest BCUT2D eigenvalue weighted by atomic mass is 10.1. The number of hydrogen-bond acceptors (Lipinski definition) is 7. The zero-order chi connectivity index (χ0) is 20.7. The number of nitrogens with zero attached hydrogens (tertiary/aromatic N) is 2. The van der Waals surface area contributed by atoms with E-state index in [9.17, 15) is 4.79 Å². The fourth-order valence-electron chi connectivity index (χ4n) is 3.20. The van der Waals surface area contributed by atoms with Gasteiger partial charge in [-0.15, -0.1) is 22.7 Å². The van der Waals surface area contributed by atoms with Gasteiger partial charge in [-0.05, 0) is 44.0 Å². The number of hydrogen-bond donors (Lipinski definition) is 2. The van der Waals surface area contributed by atoms with Gasteiger partial charge in [-0.2, -0.15) is 0 Å². The van der Waals surface area contributed by atoms with Crippen LogP contribution in [-0.4, -0.2) is 23.0 Å². The summed E-state index contributed by atoms with van der Waals surface area (Å²) in [6, 6.07) is 7.64. The first kappa shape index (κ1) is 19.4. The number of anilines is 2. The number of benzene rings is 1.